The first kappa shape index (κ1) is 17.9. The van der Waals surface area contributed by atoms with Crippen molar-refractivity contribution in [3.63, 3.8) is 0 Å². The molecule has 2 unspecified atom stereocenters. The molecule has 0 aromatic rings. The van der Waals surface area contributed by atoms with Crippen molar-refractivity contribution in [3.05, 3.63) is 0 Å². The van der Waals surface area contributed by atoms with Crippen LogP contribution in [0.2, 0.25) is 0 Å². The van der Waals surface area contributed by atoms with Crippen LogP contribution in [0.5, 0.6) is 0 Å². The highest BCUT2D eigenvalue weighted by molar-refractivity contribution is 5.02. The van der Waals surface area contributed by atoms with Crippen LogP contribution >= 0.6 is 0 Å². The van der Waals surface area contributed by atoms with E-state index in [2.05, 4.69) is 37.9 Å². The number of likely N-dealkylation sites (N-methyl/N-ethyl adjacent to an activating group) is 1. The van der Waals surface area contributed by atoms with Crippen LogP contribution in [-0.2, 0) is 4.74 Å². The van der Waals surface area contributed by atoms with Crippen LogP contribution in [0.3, 0.4) is 0 Å². The highest BCUT2D eigenvalue weighted by Crippen LogP contribution is 2.35. The summed E-state index contributed by atoms with van der Waals surface area (Å²) < 4.78 is 5.30. The number of hydrogen-bond acceptors (Lipinski definition) is 3. The second kappa shape index (κ2) is 9.01. The second-order valence-electron chi connectivity index (χ2n) is 6.30. The summed E-state index contributed by atoms with van der Waals surface area (Å²) in [6.45, 7) is 13.8. The Kier molecular flexibility index (Phi) is 8.08. The monoisotopic (exact) mass is 284 g/mol. The molecule has 0 radical (unpaired) electrons. The van der Waals surface area contributed by atoms with E-state index in [9.17, 15) is 0 Å². The summed E-state index contributed by atoms with van der Waals surface area (Å²) >= 11 is 0. The summed E-state index contributed by atoms with van der Waals surface area (Å²) in [5.41, 5.74) is 0.319. The second-order valence-corrected chi connectivity index (χ2v) is 6.30. The van der Waals surface area contributed by atoms with Gasteiger partial charge in [-0.15, -0.1) is 0 Å². The molecule has 1 aliphatic rings. The molecule has 0 amide bonds. The number of nitrogens with zero attached hydrogens (tertiary/aromatic N) is 1. The maximum absolute atomic E-state index is 5.30. The Balaban J connectivity index is 2.91. The Morgan fingerprint density at radius 2 is 1.75 bits per heavy atom. The largest absolute Gasteiger partial charge is 0.385 e. The summed E-state index contributed by atoms with van der Waals surface area (Å²) in [6, 6.07) is 0.566. The molecule has 0 bridgehead atoms. The topological polar surface area (TPSA) is 24.5 Å². The zero-order valence-electron chi connectivity index (χ0n) is 14.4. The van der Waals surface area contributed by atoms with E-state index in [1.165, 1.54) is 38.8 Å². The first-order valence-corrected chi connectivity index (χ1v) is 8.63. The summed E-state index contributed by atoms with van der Waals surface area (Å²) in [5, 5.41) is 3.81. The minimum atomic E-state index is 0.319. The summed E-state index contributed by atoms with van der Waals surface area (Å²) in [4.78, 5) is 2.77. The molecule has 0 spiro atoms. The maximum Gasteiger partial charge on any atom is 0.0465 e. The third-order valence-electron chi connectivity index (χ3n) is 5.31. The van der Waals surface area contributed by atoms with E-state index in [1.807, 2.05) is 7.11 Å². The molecular formula is C17H36N2O. The van der Waals surface area contributed by atoms with Crippen LogP contribution in [0.25, 0.3) is 0 Å². The van der Waals surface area contributed by atoms with Crippen molar-refractivity contribution in [1.82, 2.24) is 10.2 Å². The third-order valence-corrected chi connectivity index (χ3v) is 5.31. The van der Waals surface area contributed by atoms with Crippen molar-refractivity contribution >= 4 is 0 Å². The average molecular weight is 284 g/mol. The molecule has 2 atom stereocenters. The van der Waals surface area contributed by atoms with Crippen molar-refractivity contribution in [2.75, 3.05) is 33.4 Å². The lowest BCUT2D eigenvalue weighted by atomic mass is 9.76. The zero-order valence-corrected chi connectivity index (χ0v) is 14.4. The Labute approximate surface area is 126 Å². The SMILES string of the molecule is CCNC(C(C)CCOC)C(CC)(CC)N1CCCC1. The number of ether oxygens (including phenoxy) is 1. The van der Waals surface area contributed by atoms with E-state index in [0.717, 1.165) is 19.6 Å². The molecule has 120 valence electrons. The first-order chi connectivity index (χ1) is 9.66. The van der Waals surface area contributed by atoms with E-state index in [-0.39, 0.29) is 0 Å². The van der Waals surface area contributed by atoms with Crippen LogP contribution in [0.15, 0.2) is 0 Å². The molecule has 1 rings (SSSR count). The smallest absolute Gasteiger partial charge is 0.0465 e. The average Bonchev–Trinajstić information content (AvgIpc) is 3.00. The number of hydrogen-bond donors (Lipinski definition) is 1. The zero-order chi connectivity index (χ0) is 15.0. The number of nitrogens with one attached hydrogen (secondary N) is 1. The minimum absolute atomic E-state index is 0.319. The molecule has 3 heteroatoms. The molecule has 1 fully saturated rings. The van der Waals surface area contributed by atoms with E-state index >= 15 is 0 Å². The van der Waals surface area contributed by atoms with E-state index in [0.29, 0.717) is 17.5 Å². The van der Waals surface area contributed by atoms with Crippen molar-refractivity contribution in [2.24, 2.45) is 5.92 Å². The standard InChI is InChI=1S/C17H36N2O/c1-6-17(7-2,19-12-9-10-13-19)16(18-8-3)15(4)11-14-20-5/h15-16,18H,6-14H2,1-5H3. The molecule has 0 aromatic heterocycles. The quantitative estimate of drug-likeness (QED) is 0.666. The molecule has 1 aliphatic heterocycles. The third kappa shape index (κ3) is 3.96. The Morgan fingerprint density at radius 3 is 2.20 bits per heavy atom. The fraction of sp³-hybridized carbons (Fsp3) is 1.00. The van der Waals surface area contributed by atoms with Gasteiger partial charge in [0, 0.05) is 25.3 Å². The van der Waals surface area contributed by atoms with Gasteiger partial charge in [-0.1, -0.05) is 27.7 Å². The molecule has 20 heavy (non-hydrogen) atoms. The molecule has 1 heterocycles. The van der Waals surface area contributed by atoms with Gasteiger partial charge in [-0.25, -0.2) is 0 Å². The minimum Gasteiger partial charge on any atom is -0.385 e. The van der Waals surface area contributed by atoms with Gasteiger partial charge >= 0.3 is 0 Å². The maximum atomic E-state index is 5.30. The summed E-state index contributed by atoms with van der Waals surface area (Å²) in [7, 11) is 1.81. The van der Waals surface area contributed by atoms with Crippen molar-refractivity contribution in [2.45, 2.75) is 71.4 Å². The number of methoxy groups -OCH3 is 1. The lowest BCUT2D eigenvalue weighted by Crippen LogP contribution is -2.62. The van der Waals surface area contributed by atoms with Gasteiger partial charge in [-0.05, 0) is 57.7 Å². The fourth-order valence-electron chi connectivity index (χ4n) is 4.11. The van der Waals surface area contributed by atoms with Crippen molar-refractivity contribution in [1.29, 1.82) is 0 Å². The highest BCUT2D eigenvalue weighted by atomic mass is 16.5. The van der Waals surface area contributed by atoms with Crippen molar-refractivity contribution < 1.29 is 4.74 Å². The molecule has 0 saturated carbocycles. The van der Waals surface area contributed by atoms with Crippen LogP contribution in [-0.4, -0.2) is 49.8 Å². The first-order valence-electron chi connectivity index (χ1n) is 8.63. The van der Waals surface area contributed by atoms with E-state index in [1.54, 1.807) is 0 Å². The lowest BCUT2D eigenvalue weighted by Gasteiger charge is -2.49. The van der Waals surface area contributed by atoms with Crippen molar-refractivity contribution in [3.8, 4) is 0 Å². The number of likely N-dealkylation sites (tertiary alicyclic amines) is 1. The van der Waals surface area contributed by atoms with Gasteiger partial charge in [0.25, 0.3) is 0 Å². The van der Waals surface area contributed by atoms with Gasteiger partial charge < -0.3 is 10.1 Å². The van der Waals surface area contributed by atoms with Crippen LogP contribution in [0.1, 0.15) is 59.8 Å². The Hall–Kier alpha value is -0.120. The molecule has 1 saturated heterocycles. The summed E-state index contributed by atoms with van der Waals surface area (Å²) in [5.74, 6) is 0.649. The van der Waals surface area contributed by atoms with Crippen LogP contribution in [0.4, 0.5) is 0 Å². The van der Waals surface area contributed by atoms with Gasteiger partial charge in [0.05, 0.1) is 0 Å². The van der Waals surface area contributed by atoms with E-state index in [4.69, 9.17) is 4.74 Å². The highest BCUT2D eigenvalue weighted by Gasteiger charge is 2.43. The normalized spacial score (nSPS) is 20.2. The van der Waals surface area contributed by atoms with Gasteiger partial charge in [0.15, 0.2) is 0 Å². The predicted octanol–water partition coefficient (Wildman–Crippen LogP) is 3.29. The van der Waals surface area contributed by atoms with Gasteiger partial charge in [-0.3, -0.25) is 4.90 Å². The van der Waals surface area contributed by atoms with Crippen LogP contribution in [0, 0.1) is 5.92 Å². The number of rotatable bonds is 10. The molecule has 3 nitrogen and oxygen atoms in total. The molecule has 0 aromatic carbocycles. The molecular weight excluding hydrogens is 248 g/mol. The Morgan fingerprint density at radius 1 is 1.15 bits per heavy atom. The van der Waals surface area contributed by atoms with E-state index < -0.39 is 0 Å². The molecule has 1 N–H and O–H groups in total. The van der Waals surface area contributed by atoms with Gasteiger partial charge in [-0.2, -0.15) is 0 Å². The summed E-state index contributed by atoms with van der Waals surface area (Å²) in [6.07, 6.45) is 6.35. The Bertz CT molecular complexity index is 247. The van der Waals surface area contributed by atoms with Crippen LogP contribution < -0.4 is 5.32 Å². The van der Waals surface area contributed by atoms with Gasteiger partial charge in [0.1, 0.15) is 0 Å². The lowest BCUT2D eigenvalue weighted by molar-refractivity contribution is 0.0337. The van der Waals surface area contributed by atoms with Gasteiger partial charge in [0.2, 0.25) is 0 Å². The molecule has 0 aliphatic carbocycles. The predicted molar refractivity (Wildman–Crippen MR) is 87.2 cm³/mol. The fourth-order valence-corrected chi connectivity index (χ4v) is 4.11.